The Labute approximate surface area is 353 Å². The van der Waals surface area contributed by atoms with E-state index in [1.54, 1.807) is 0 Å². The zero-order chi connectivity index (χ0) is 40.3. The molecule has 3 nitrogen and oxygen atoms in total. The van der Waals surface area contributed by atoms with Gasteiger partial charge in [0.05, 0.1) is 33.5 Å². The molecule has 0 unspecified atom stereocenters. The lowest BCUT2D eigenvalue weighted by Crippen LogP contribution is -2.12. The molecule has 0 aliphatic carbocycles. The number of hydrogen-bond acceptors (Lipinski definition) is 2. The fraction of sp³-hybridized carbons (Fsp3) is 0. The van der Waals surface area contributed by atoms with Gasteiger partial charge in [0.1, 0.15) is 11.2 Å². The van der Waals surface area contributed by atoms with Gasteiger partial charge < -0.3 is 13.9 Å². The van der Waals surface area contributed by atoms with Crippen molar-refractivity contribution < 1.29 is 4.42 Å². The van der Waals surface area contributed by atoms with Gasteiger partial charge in [0.15, 0.2) is 0 Å². The number of aromatic nitrogens is 1. The van der Waals surface area contributed by atoms with Crippen molar-refractivity contribution in [3.8, 4) is 39.1 Å². The highest BCUT2D eigenvalue weighted by molar-refractivity contribution is 6.20. The predicted octanol–water partition coefficient (Wildman–Crippen LogP) is 16.3. The second kappa shape index (κ2) is 14.3. The van der Waals surface area contributed by atoms with Crippen LogP contribution < -0.4 is 4.90 Å². The maximum absolute atomic E-state index is 6.55. The van der Waals surface area contributed by atoms with Crippen molar-refractivity contribution in [3.63, 3.8) is 0 Å². The number of rotatable bonds is 7. The average Bonchev–Trinajstić information content (AvgIpc) is 3.89. The van der Waals surface area contributed by atoms with Crippen molar-refractivity contribution in [3.05, 3.63) is 231 Å². The molecule has 0 fully saturated rings. The van der Waals surface area contributed by atoms with Crippen molar-refractivity contribution in [2.24, 2.45) is 0 Å². The van der Waals surface area contributed by atoms with E-state index >= 15 is 0 Å². The van der Waals surface area contributed by atoms with Crippen molar-refractivity contribution in [1.29, 1.82) is 0 Å². The summed E-state index contributed by atoms with van der Waals surface area (Å²) in [5, 5.41) is 6.98. The second-order valence-electron chi connectivity index (χ2n) is 15.6. The number of fused-ring (bicyclic) bond motifs is 7. The van der Waals surface area contributed by atoms with Crippen LogP contribution in [0.3, 0.4) is 0 Å². The van der Waals surface area contributed by atoms with Crippen LogP contribution in [0.15, 0.2) is 235 Å². The topological polar surface area (TPSA) is 21.3 Å². The van der Waals surface area contributed by atoms with E-state index in [-0.39, 0.29) is 0 Å². The zero-order valence-electron chi connectivity index (χ0n) is 33.2. The number of para-hydroxylation sites is 3. The van der Waals surface area contributed by atoms with E-state index in [9.17, 15) is 0 Å². The third-order valence-corrected chi connectivity index (χ3v) is 12.2. The molecule has 2 aromatic heterocycles. The molecule has 10 aromatic carbocycles. The molecule has 12 rings (SSSR count). The van der Waals surface area contributed by atoms with Crippen molar-refractivity contribution in [1.82, 2.24) is 4.57 Å². The molecule has 0 aliphatic heterocycles. The second-order valence-corrected chi connectivity index (χ2v) is 15.6. The standard InChI is InChI=1S/C58H38N2O/c1-4-18-39(19-5-1)41-34-36-52(49(38-41)40-20-6-2-7-21-40)60(54-31-17-33-56-58(54)48-27-13-15-32-55(48)61-56)51-37-35-44(43-24-10-11-25-45(43)51)46-28-16-30-53-57(46)47-26-12-14-29-50(47)59(53)42-22-8-3-9-23-42/h1-38H. The summed E-state index contributed by atoms with van der Waals surface area (Å²) in [6.45, 7) is 0. The van der Waals surface area contributed by atoms with Gasteiger partial charge in [-0.15, -0.1) is 0 Å². The Balaban J connectivity index is 1.15. The summed E-state index contributed by atoms with van der Waals surface area (Å²) in [6, 6.07) is 83.0. The van der Waals surface area contributed by atoms with Gasteiger partial charge in [-0.3, -0.25) is 0 Å². The van der Waals surface area contributed by atoms with Crippen LogP contribution in [0.2, 0.25) is 0 Å². The molecule has 0 saturated heterocycles. The van der Waals surface area contributed by atoms with Gasteiger partial charge in [0.25, 0.3) is 0 Å². The first-order valence-corrected chi connectivity index (χ1v) is 20.9. The van der Waals surface area contributed by atoms with Crippen LogP contribution >= 0.6 is 0 Å². The molecule has 0 N–H and O–H groups in total. The molecule has 0 spiro atoms. The van der Waals surface area contributed by atoms with Gasteiger partial charge in [-0.1, -0.05) is 170 Å². The molecule has 0 atom stereocenters. The lowest BCUT2D eigenvalue weighted by molar-refractivity contribution is 0.669. The third-order valence-electron chi connectivity index (χ3n) is 12.2. The van der Waals surface area contributed by atoms with Crippen molar-refractivity contribution in [2.75, 3.05) is 4.90 Å². The van der Waals surface area contributed by atoms with E-state index in [0.29, 0.717) is 0 Å². The largest absolute Gasteiger partial charge is 0.456 e. The highest BCUT2D eigenvalue weighted by Crippen LogP contribution is 2.50. The summed E-state index contributed by atoms with van der Waals surface area (Å²) >= 11 is 0. The smallest absolute Gasteiger partial charge is 0.137 e. The highest BCUT2D eigenvalue weighted by Gasteiger charge is 2.25. The van der Waals surface area contributed by atoms with Crippen LogP contribution in [0, 0.1) is 0 Å². The Bertz CT molecular complexity index is 3580. The molecular formula is C58H38N2O. The number of benzene rings is 10. The van der Waals surface area contributed by atoms with E-state index in [4.69, 9.17) is 4.42 Å². The Kier molecular flexibility index (Phi) is 8.17. The monoisotopic (exact) mass is 778 g/mol. The van der Waals surface area contributed by atoms with Gasteiger partial charge in [-0.2, -0.15) is 0 Å². The minimum Gasteiger partial charge on any atom is -0.456 e. The normalized spacial score (nSPS) is 11.6. The Hall–Kier alpha value is -8.14. The SMILES string of the molecule is c1ccc(-c2ccc(N(c3ccc(-c4cccc5c4c4ccccc4n5-c4ccccc4)c4ccccc34)c3cccc4oc5ccccc5c34)c(-c3ccccc3)c2)cc1. The molecule has 61 heavy (non-hydrogen) atoms. The van der Waals surface area contributed by atoms with Crippen LogP contribution in [0.4, 0.5) is 17.1 Å². The molecular weight excluding hydrogens is 741 g/mol. The predicted molar refractivity (Wildman–Crippen MR) is 257 cm³/mol. The van der Waals surface area contributed by atoms with Crippen molar-refractivity contribution in [2.45, 2.75) is 0 Å². The Morgan fingerprint density at radius 3 is 1.72 bits per heavy atom. The first-order valence-electron chi connectivity index (χ1n) is 20.9. The van der Waals surface area contributed by atoms with E-state index in [1.807, 2.05) is 6.07 Å². The first-order chi connectivity index (χ1) is 30.3. The third kappa shape index (κ3) is 5.66. The first kappa shape index (κ1) is 34.9. The number of hydrogen-bond donors (Lipinski definition) is 0. The van der Waals surface area contributed by atoms with E-state index in [1.165, 1.54) is 43.9 Å². The molecule has 2 heterocycles. The molecule has 12 aromatic rings. The number of furan rings is 1. The number of nitrogens with zero attached hydrogens (tertiary/aromatic N) is 2. The summed E-state index contributed by atoms with van der Waals surface area (Å²) in [5.74, 6) is 0. The highest BCUT2D eigenvalue weighted by atomic mass is 16.3. The van der Waals surface area contributed by atoms with E-state index < -0.39 is 0 Å². The molecule has 286 valence electrons. The molecule has 0 saturated carbocycles. The Morgan fingerprint density at radius 2 is 0.918 bits per heavy atom. The maximum Gasteiger partial charge on any atom is 0.137 e. The van der Waals surface area contributed by atoms with Crippen LogP contribution in [-0.4, -0.2) is 4.57 Å². The van der Waals surface area contributed by atoms with E-state index in [2.05, 4.69) is 234 Å². The summed E-state index contributed by atoms with van der Waals surface area (Å²) in [4.78, 5) is 2.47. The zero-order valence-corrected chi connectivity index (χ0v) is 33.2. The van der Waals surface area contributed by atoms with Gasteiger partial charge in [-0.25, -0.2) is 0 Å². The van der Waals surface area contributed by atoms with Gasteiger partial charge in [0, 0.05) is 32.8 Å². The van der Waals surface area contributed by atoms with Crippen LogP contribution in [0.25, 0.3) is 93.6 Å². The van der Waals surface area contributed by atoms with Gasteiger partial charge in [-0.05, 0) is 93.9 Å². The molecule has 0 bridgehead atoms. The molecule has 0 radical (unpaired) electrons. The van der Waals surface area contributed by atoms with Gasteiger partial charge >= 0.3 is 0 Å². The molecule has 0 amide bonds. The minimum atomic E-state index is 0.855. The van der Waals surface area contributed by atoms with Crippen LogP contribution in [0.5, 0.6) is 0 Å². The fourth-order valence-corrected chi connectivity index (χ4v) is 9.53. The van der Waals surface area contributed by atoms with Crippen LogP contribution in [-0.2, 0) is 0 Å². The average molecular weight is 779 g/mol. The summed E-state index contributed by atoms with van der Waals surface area (Å²) in [6.07, 6.45) is 0. The quantitative estimate of drug-likeness (QED) is 0.161. The lowest BCUT2D eigenvalue weighted by atomic mass is 9.92. The van der Waals surface area contributed by atoms with Gasteiger partial charge in [0.2, 0.25) is 0 Å². The summed E-state index contributed by atoms with van der Waals surface area (Å²) in [7, 11) is 0. The number of anilines is 3. The minimum absolute atomic E-state index is 0.855. The molecule has 0 aliphatic rings. The van der Waals surface area contributed by atoms with Crippen molar-refractivity contribution >= 4 is 71.6 Å². The summed E-state index contributed by atoms with van der Waals surface area (Å²) in [5.41, 5.74) is 15.5. The van der Waals surface area contributed by atoms with Crippen LogP contribution in [0.1, 0.15) is 0 Å². The molecule has 3 heteroatoms. The van der Waals surface area contributed by atoms with E-state index in [0.717, 1.165) is 66.8 Å². The Morgan fingerprint density at radius 1 is 0.311 bits per heavy atom. The summed E-state index contributed by atoms with van der Waals surface area (Å²) < 4.78 is 8.95. The fourth-order valence-electron chi connectivity index (χ4n) is 9.53. The maximum atomic E-state index is 6.55. The lowest BCUT2D eigenvalue weighted by Gasteiger charge is -2.30.